The van der Waals surface area contributed by atoms with E-state index in [1.807, 2.05) is 13.8 Å². The van der Waals surface area contributed by atoms with Gasteiger partial charge in [-0.05, 0) is 75.9 Å². The molecule has 2 heteroatoms. The monoisotopic (exact) mass is 283 g/mol. The Kier molecular flexibility index (Phi) is 4.56. The van der Waals surface area contributed by atoms with Gasteiger partial charge in [-0.3, -0.25) is 0 Å². The molecule has 2 rings (SSSR count). The minimum atomic E-state index is 0.196. The summed E-state index contributed by atoms with van der Waals surface area (Å²) in [5, 5.41) is 3.60. The van der Waals surface area contributed by atoms with E-state index < -0.39 is 0 Å². The molecule has 0 aromatic heterocycles. The fourth-order valence-corrected chi connectivity index (χ4v) is 2.60. The number of hydrogen-bond donors (Lipinski definition) is 1. The van der Waals surface area contributed by atoms with Gasteiger partial charge in [0.25, 0.3) is 0 Å². The summed E-state index contributed by atoms with van der Waals surface area (Å²) in [7, 11) is 0. The summed E-state index contributed by atoms with van der Waals surface area (Å²) in [5.74, 6) is 0.937. The number of hydrogen-bond acceptors (Lipinski definition) is 2. The molecular formula is C19H25NO. The van der Waals surface area contributed by atoms with E-state index in [1.165, 1.54) is 33.6 Å². The molecule has 2 aromatic rings. The van der Waals surface area contributed by atoms with Crippen LogP contribution in [0.4, 0.5) is 11.4 Å². The van der Waals surface area contributed by atoms with E-state index in [4.69, 9.17) is 4.74 Å². The van der Waals surface area contributed by atoms with Gasteiger partial charge in [-0.1, -0.05) is 18.2 Å². The van der Waals surface area contributed by atoms with Crippen molar-refractivity contribution in [2.75, 3.05) is 5.32 Å². The molecule has 0 amide bonds. The largest absolute Gasteiger partial charge is 0.491 e. The highest BCUT2D eigenvalue weighted by Gasteiger charge is 2.10. The number of rotatable bonds is 4. The Morgan fingerprint density at radius 3 is 1.76 bits per heavy atom. The number of benzene rings is 2. The molecular weight excluding hydrogens is 258 g/mol. The van der Waals surface area contributed by atoms with Crippen molar-refractivity contribution in [3.8, 4) is 5.75 Å². The van der Waals surface area contributed by atoms with Crippen molar-refractivity contribution in [1.29, 1.82) is 0 Å². The van der Waals surface area contributed by atoms with E-state index >= 15 is 0 Å². The molecule has 0 unspecified atom stereocenters. The second-order valence-corrected chi connectivity index (χ2v) is 5.99. The molecule has 0 radical (unpaired) electrons. The van der Waals surface area contributed by atoms with Gasteiger partial charge >= 0.3 is 0 Å². The van der Waals surface area contributed by atoms with Gasteiger partial charge in [-0.2, -0.15) is 0 Å². The minimum absolute atomic E-state index is 0.196. The summed E-state index contributed by atoms with van der Waals surface area (Å²) >= 11 is 0. The second kappa shape index (κ2) is 6.21. The number of aryl methyl sites for hydroxylation is 4. The fourth-order valence-electron chi connectivity index (χ4n) is 2.60. The Labute approximate surface area is 128 Å². The highest BCUT2D eigenvalue weighted by Crippen LogP contribution is 2.31. The van der Waals surface area contributed by atoms with Crippen LogP contribution in [0.25, 0.3) is 0 Å². The molecule has 2 aromatic carbocycles. The smallest absolute Gasteiger partial charge is 0.120 e. The molecule has 0 saturated heterocycles. The van der Waals surface area contributed by atoms with Crippen molar-refractivity contribution >= 4 is 11.4 Å². The van der Waals surface area contributed by atoms with Crippen molar-refractivity contribution in [3.05, 3.63) is 52.6 Å². The zero-order valence-corrected chi connectivity index (χ0v) is 13.9. The molecule has 0 fully saturated rings. The summed E-state index contributed by atoms with van der Waals surface area (Å²) < 4.78 is 5.80. The molecule has 112 valence electrons. The third-order valence-electron chi connectivity index (χ3n) is 3.61. The first-order valence-electron chi connectivity index (χ1n) is 7.49. The van der Waals surface area contributed by atoms with Crippen molar-refractivity contribution in [1.82, 2.24) is 0 Å². The van der Waals surface area contributed by atoms with Crippen LogP contribution in [-0.2, 0) is 0 Å². The number of nitrogens with one attached hydrogen (secondary N) is 1. The molecule has 0 bridgehead atoms. The third kappa shape index (κ3) is 3.57. The van der Waals surface area contributed by atoms with Crippen LogP contribution in [0.15, 0.2) is 30.3 Å². The SMILES string of the molecule is Cc1cccc(C)c1Nc1c(C)cc(OC(C)C)cc1C. The number of para-hydroxylation sites is 1. The predicted octanol–water partition coefficient (Wildman–Crippen LogP) is 5.45. The zero-order valence-electron chi connectivity index (χ0n) is 13.9. The fraction of sp³-hybridized carbons (Fsp3) is 0.368. The Balaban J connectivity index is 2.37. The first kappa shape index (κ1) is 15.4. The van der Waals surface area contributed by atoms with E-state index in [0.717, 1.165) is 5.75 Å². The standard InChI is InChI=1S/C19H25NO/c1-12(2)21-17-10-15(5)19(16(6)11-17)20-18-13(3)8-7-9-14(18)4/h7-12,20H,1-6H3. The first-order chi connectivity index (χ1) is 9.88. The molecule has 0 heterocycles. The highest BCUT2D eigenvalue weighted by atomic mass is 16.5. The second-order valence-electron chi connectivity index (χ2n) is 5.99. The zero-order chi connectivity index (χ0) is 15.6. The van der Waals surface area contributed by atoms with Crippen molar-refractivity contribution < 1.29 is 4.74 Å². The summed E-state index contributed by atoms with van der Waals surface area (Å²) in [6.07, 6.45) is 0.196. The Bertz CT molecular complexity index is 601. The molecule has 2 nitrogen and oxygen atoms in total. The lowest BCUT2D eigenvalue weighted by Gasteiger charge is -2.19. The molecule has 0 aliphatic heterocycles. The van der Waals surface area contributed by atoms with E-state index in [-0.39, 0.29) is 6.10 Å². The lowest BCUT2D eigenvalue weighted by molar-refractivity contribution is 0.242. The molecule has 0 saturated carbocycles. The van der Waals surface area contributed by atoms with Gasteiger partial charge in [0.2, 0.25) is 0 Å². The van der Waals surface area contributed by atoms with Gasteiger partial charge in [-0.25, -0.2) is 0 Å². The Hall–Kier alpha value is -1.96. The molecule has 1 N–H and O–H groups in total. The lowest BCUT2D eigenvalue weighted by Crippen LogP contribution is -2.07. The molecule has 0 aliphatic rings. The van der Waals surface area contributed by atoms with Crippen LogP contribution >= 0.6 is 0 Å². The minimum Gasteiger partial charge on any atom is -0.491 e. The number of anilines is 2. The maximum Gasteiger partial charge on any atom is 0.120 e. The van der Waals surface area contributed by atoms with Crippen LogP contribution in [-0.4, -0.2) is 6.10 Å². The van der Waals surface area contributed by atoms with Crippen molar-refractivity contribution in [2.24, 2.45) is 0 Å². The molecule has 0 spiro atoms. The van der Waals surface area contributed by atoms with Gasteiger partial charge in [0.15, 0.2) is 0 Å². The topological polar surface area (TPSA) is 21.3 Å². The number of ether oxygens (including phenoxy) is 1. The third-order valence-corrected chi connectivity index (χ3v) is 3.61. The first-order valence-corrected chi connectivity index (χ1v) is 7.49. The van der Waals surface area contributed by atoms with Crippen LogP contribution in [0.2, 0.25) is 0 Å². The highest BCUT2D eigenvalue weighted by molar-refractivity contribution is 5.71. The van der Waals surface area contributed by atoms with Gasteiger partial charge in [0.05, 0.1) is 6.10 Å². The van der Waals surface area contributed by atoms with Gasteiger partial charge in [0, 0.05) is 11.4 Å². The normalized spacial score (nSPS) is 10.8. The summed E-state index contributed by atoms with van der Waals surface area (Å²) in [6.45, 7) is 12.6. The van der Waals surface area contributed by atoms with Crippen LogP contribution in [0, 0.1) is 27.7 Å². The quantitative estimate of drug-likeness (QED) is 0.805. The van der Waals surface area contributed by atoms with Gasteiger partial charge < -0.3 is 10.1 Å². The van der Waals surface area contributed by atoms with Crippen LogP contribution in [0.5, 0.6) is 5.75 Å². The summed E-state index contributed by atoms with van der Waals surface area (Å²) in [6, 6.07) is 10.6. The van der Waals surface area contributed by atoms with E-state index in [9.17, 15) is 0 Å². The van der Waals surface area contributed by atoms with Crippen LogP contribution in [0.1, 0.15) is 36.1 Å². The predicted molar refractivity (Wildman–Crippen MR) is 90.9 cm³/mol. The lowest BCUT2D eigenvalue weighted by atomic mass is 10.1. The average Bonchev–Trinajstić information content (AvgIpc) is 2.35. The maximum atomic E-state index is 5.80. The van der Waals surface area contributed by atoms with E-state index in [1.54, 1.807) is 0 Å². The summed E-state index contributed by atoms with van der Waals surface area (Å²) in [5.41, 5.74) is 7.29. The Morgan fingerprint density at radius 2 is 1.29 bits per heavy atom. The molecule has 21 heavy (non-hydrogen) atoms. The molecule has 0 atom stereocenters. The molecule has 0 aliphatic carbocycles. The van der Waals surface area contributed by atoms with E-state index in [2.05, 4.69) is 63.3 Å². The van der Waals surface area contributed by atoms with E-state index in [0.29, 0.717) is 0 Å². The maximum absolute atomic E-state index is 5.80. The van der Waals surface area contributed by atoms with Crippen LogP contribution in [0.3, 0.4) is 0 Å². The van der Waals surface area contributed by atoms with Crippen molar-refractivity contribution in [2.45, 2.75) is 47.6 Å². The Morgan fingerprint density at radius 1 is 0.810 bits per heavy atom. The van der Waals surface area contributed by atoms with Crippen LogP contribution < -0.4 is 10.1 Å². The van der Waals surface area contributed by atoms with Crippen molar-refractivity contribution in [3.63, 3.8) is 0 Å². The van der Waals surface area contributed by atoms with Gasteiger partial charge in [-0.15, -0.1) is 0 Å². The summed E-state index contributed by atoms with van der Waals surface area (Å²) in [4.78, 5) is 0. The average molecular weight is 283 g/mol. The van der Waals surface area contributed by atoms with Gasteiger partial charge in [0.1, 0.15) is 5.75 Å².